The third-order valence-electron chi connectivity index (χ3n) is 4.48. The van der Waals surface area contributed by atoms with Gasteiger partial charge in [0.05, 0.1) is 10.5 Å². The molecule has 0 aliphatic carbocycles. The van der Waals surface area contributed by atoms with Crippen molar-refractivity contribution in [3.63, 3.8) is 0 Å². The molecule has 158 valence electrons. The van der Waals surface area contributed by atoms with Crippen LogP contribution in [-0.2, 0) is 14.3 Å². The average molecular weight is 427 g/mol. The van der Waals surface area contributed by atoms with E-state index in [4.69, 9.17) is 14.2 Å². The molecule has 0 fully saturated rings. The van der Waals surface area contributed by atoms with Gasteiger partial charge in [-0.1, -0.05) is 6.07 Å². The number of anilines is 1. The van der Waals surface area contributed by atoms with E-state index < -0.39 is 47.5 Å². The highest BCUT2D eigenvalue weighted by atomic mass is 16.7. The van der Waals surface area contributed by atoms with E-state index in [0.29, 0.717) is 22.1 Å². The second-order valence-electron chi connectivity index (χ2n) is 6.43. The molecule has 1 N–H and O–H groups in total. The van der Waals surface area contributed by atoms with Crippen LogP contribution < -0.4 is 14.8 Å². The number of amides is 3. The number of nitrogens with one attached hydrogen (secondary N) is 1. The SMILES string of the molecule is O=C(COC(=O)CN1C(=O)c2cccc([N+](=O)[O-])c2C1=O)Nc1ccc2c(c1)OCO2. The normalized spacial score (nSPS) is 13.7. The molecule has 2 aliphatic heterocycles. The molecule has 12 nitrogen and oxygen atoms in total. The van der Waals surface area contributed by atoms with E-state index in [0.717, 1.165) is 6.07 Å². The maximum absolute atomic E-state index is 12.4. The molecule has 2 aliphatic rings. The van der Waals surface area contributed by atoms with Crippen molar-refractivity contribution in [3.8, 4) is 11.5 Å². The lowest BCUT2D eigenvalue weighted by Gasteiger charge is -2.13. The smallest absolute Gasteiger partial charge is 0.326 e. The van der Waals surface area contributed by atoms with Gasteiger partial charge in [0.2, 0.25) is 6.79 Å². The number of carbonyl (C=O) groups is 4. The summed E-state index contributed by atoms with van der Waals surface area (Å²) in [5, 5.41) is 13.6. The molecule has 0 saturated heterocycles. The summed E-state index contributed by atoms with van der Waals surface area (Å²) in [5.41, 5.74) is -0.703. The van der Waals surface area contributed by atoms with Crippen molar-refractivity contribution in [1.82, 2.24) is 4.90 Å². The van der Waals surface area contributed by atoms with Crippen LogP contribution in [0, 0.1) is 10.1 Å². The van der Waals surface area contributed by atoms with Crippen LogP contribution in [0.25, 0.3) is 0 Å². The third kappa shape index (κ3) is 3.73. The van der Waals surface area contributed by atoms with Crippen LogP contribution >= 0.6 is 0 Å². The number of esters is 1. The summed E-state index contributed by atoms with van der Waals surface area (Å²) >= 11 is 0. The van der Waals surface area contributed by atoms with Crippen LogP contribution in [0.4, 0.5) is 11.4 Å². The molecule has 2 aromatic rings. The van der Waals surface area contributed by atoms with Gasteiger partial charge in [0.15, 0.2) is 18.1 Å². The molecule has 2 heterocycles. The van der Waals surface area contributed by atoms with Gasteiger partial charge in [-0.3, -0.25) is 34.2 Å². The first-order chi connectivity index (χ1) is 14.8. The Balaban J connectivity index is 1.34. The summed E-state index contributed by atoms with van der Waals surface area (Å²) in [4.78, 5) is 59.7. The number of imide groups is 1. The topological polar surface area (TPSA) is 154 Å². The van der Waals surface area contributed by atoms with E-state index in [2.05, 4.69) is 5.32 Å². The highest BCUT2D eigenvalue weighted by molar-refractivity contribution is 6.24. The summed E-state index contributed by atoms with van der Waals surface area (Å²) in [7, 11) is 0. The van der Waals surface area contributed by atoms with E-state index in [1.807, 2.05) is 0 Å². The van der Waals surface area contributed by atoms with Crippen LogP contribution in [0.5, 0.6) is 11.5 Å². The maximum Gasteiger partial charge on any atom is 0.326 e. The van der Waals surface area contributed by atoms with Crippen molar-refractivity contribution in [1.29, 1.82) is 0 Å². The van der Waals surface area contributed by atoms with Crippen LogP contribution in [0.2, 0.25) is 0 Å². The molecule has 31 heavy (non-hydrogen) atoms. The number of fused-ring (bicyclic) bond motifs is 2. The minimum absolute atomic E-state index is 0.0747. The minimum Gasteiger partial charge on any atom is -0.454 e. The summed E-state index contributed by atoms with van der Waals surface area (Å²) < 4.78 is 15.2. The van der Waals surface area contributed by atoms with Gasteiger partial charge in [0.25, 0.3) is 23.4 Å². The van der Waals surface area contributed by atoms with Gasteiger partial charge in [0, 0.05) is 17.8 Å². The molecular weight excluding hydrogens is 414 g/mol. The summed E-state index contributed by atoms with van der Waals surface area (Å²) in [6.07, 6.45) is 0. The standard InChI is InChI=1S/C19H13N3O9/c23-15(20-10-4-5-13-14(6-10)31-9-30-13)8-29-16(24)7-21-18(25)11-2-1-3-12(22(27)28)17(11)19(21)26/h1-6H,7-9H2,(H,20,23). The van der Waals surface area contributed by atoms with E-state index in [9.17, 15) is 29.3 Å². The number of rotatable bonds is 6. The minimum atomic E-state index is -1.03. The molecule has 0 spiro atoms. The van der Waals surface area contributed by atoms with Crippen molar-refractivity contribution >= 4 is 35.1 Å². The molecule has 0 bridgehead atoms. The lowest BCUT2D eigenvalue weighted by Crippen LogP contribution is -2.36. The number of nitro benzene ring substituents is 1. The first kappa shape index (κ1) is 19.8. The predicted octanol–water partition coefficient (Wildman–Crippen LogP) is 1.10. The molecule has 0 atom stereocenters. The number of ether oxygens (including phenoxy) is 3. The van der Waals surface area contributed by atoms with E-state index in [-0.39, 0.29) is 17.9 Å². The molecule has 0 unspecified atom stereocenters. The van der Waals surface area contributed by atoms with Gasteiger partial charge in [0.1, 0.15) is 12.1 Å². The van der Waals surface area contributed by atoms with Gasteiger partial charge < -0.3 is 19.5 Å². The number of nitro groups is 1. The molecule has 0 radical (unpaired) electrons. The maximum atomic E-state index is 12.4. The number of benzene rings is 2. The third-order valence-corrected chi connectivity index (χ3v) is 4.48. The lowest BCUT2D eigenvalue weighted by molar-refractivity contribution is -0.385. The number of nitrogens with zero attached hydrogens (tertiary/aromatic N) is 2. The largest absolute Gasteiger partial charge is 0.454 e. The second-order valence-corrected chi connectivity index (χ2v) is 6.43. The monoisotopic (exact) mass is 427 g/mol. The van der Waals surface area contributed by atoms with E-state index >= 15 is 0 Å². The van der Waals surface area contributed by atoms with Crippen LogP contribution in [0.3, 0.4) is 0 Å². The zero-order chi connectivity index (χ0) is 22.1. The fourth-order valence-corrected chi connectivity index (χ4v) is 3.10. The fraction of sp³-hybridized carbons (Fsp3) is 0.158. The second kappa shape index (κ2) is 7.74. The quantitative estimate of drug-likeness (QED) is 0.309. The Hall–Kier alpha value is -4.48. The Kier molecular flexibility index (Phi) is 4.95. The molecule has 4 rings (SSSR count). The Morgan fingerprint density at radius 2 is 1.90 bits per heavy atom. The van der Waals surface area contributed by atoms with E-state index in [1.165, 1.54) is 18.2 Å². The Labute approximate surface area is 173 Å². The van der Waals surface area contributed by atoms with Gasteiger partial charge in [-0.2, -0.15) is 0 Å². The van der Waals surface area contributed by atoms with Gasteiger partial charge in [-0.25, -0.2) is 0 Å². The van der Waals surface area contributed by atoms with Gasteiger partial charge in [-0.15, -0.1) is 0 Å². The summed E-state index contributed by atoms with van der Waals surface area (Å²) in [6.45, 7) is -1.39. The fourth-order valence-electron chi connectivity index (χ4n) is 3.10. The molecular formula is C19H13N3O9. The highest BCUT2D eigenvalue weighted by Gasteiger charge is 2.41. The van der Waals surface area contributed by atoms with Crippen molar-refractivity contribution in [2.75, 3.05) is 25.3 Å². The van der Waals surface area contributed by atoms with Crippen molar-refractivity contribution in [2.24, 2.45) is 0 Å². The lowest BCUT2D eigenvalue weighted by atomic mass is 10.1. The van der Waals surface area contributed by atoms with Crippen LogP contribution in [-0.4, -0.2) is 53.5 Å². The zero-order valence-corrected chi connectivity index (χ0v) is 15.7. The first-order valence-electron chi connectivity index (χ1n) is 8.84. The summed E-state index contributed by atoms with van der Waals surface area (Å²) in [6, 6.07) is 8.32. The van der Waals surface area contributed by atoms with E-state index in [1.54, 1.807) is 12.1 Å². The van der Waals surface area contributed by atoms with Crippen LogP contribution in [0.15, 0.2) is 36.4 Å². The molecule has 0 aromatic heterocycles. The molecule has 2 aromatic carbocycles. The van der Waals surface area contributed by atoms with Crippen molar-refractivity contribution in [2.45, 2.75) is 0 Å². The van der Waals surface area contributed by atoms with Crippen LogP contribution in [0.1, 0.15) is 20.7 Å². The Morgan fingerprint density at radius 1 is 1.13 bits per heavy atom. The highest BCUT2D eigenvalue weighted by Crippen LogP contribution is 2.34. The average Bonchev–Trinajstić information content (AvgIpc) is 3.30. The molecule has 0 saturated carbocycles. The predicted molar refractivity (Wildman–Crippen MR) is 101 cm³/mol. The number of carbonyl (C=O) groups excluding carboxylic acids is 4. The first-order valence-corrected chi connectivity index (χ1v) is 8.84. The number of hydrogen-bond donors (Lipinski definition) is 1. The molecule has 3 amide bonds. The van der Waals surface area contributed by atoms with Gasteiger partial charge in [-0.05, 0) is 18.2 Å². The number of hydrogen-bond acceptors (Lipinski definition) is 9. The molecule has 12 heteroatoms. The van der Waals surface area contributed by atoms with Gasteiger partial charge >= 0.3 is 5.97 Å². The Morgan fingerprint density at radius 3 is 2.68 bits per heavy atom. The van der Waals surface area contributed by atoms with Crippen molar-refractivity contribution < 1.29 is 38.3 Å². The zero-order valence-electron chi connectivity index (χ0n) is 15.7. The van der Waals surface area contributed by atoms with Crippen molar-refractivity contribution in [3.05, 3.63) is 57.6 Å². The summed E-state index contributed by atoms with van der Waals surface area (Å²) in [5.74, 6) is -2.54. The Bertz CT molecular complexity index is 1140.